The second-order valence-electron chi connectivity index (χ2n) is 5.79. The monoisotopic (exact) mass is 239 g/mol. The van der Waals surface area contributed by atoms with Crippen LogP contribution >= 0.6 is 0 Å². The van der Waals surface area contributed by atoms with Crippen molar-refractivity contribution in [1.29, 1.82) is 0 Å². The fourth-order valence-corrected chi connectivity index (χ4v) is 3.44. The molecule has 98 valence electrons. The van der Waals surface area contributed by atoms with Crippen molar-refractivity contribution in [2.45, 2.75) is 64.2 Å². The third kappa shape index (κ3) is 2.47. The zero-order valence-electron chi connectivity index (χ0n) is 11.2. The number of carbonyl (C=O) groups is 1. The molecule has 0 aromatic heterocycles. The Morgan fingerprint density at radius 3 is 2.41 bits per heavy atom. The number of hydrogen-bond donors (Lipinski definition) is 1. The maximum Gasteiger partial charge on any atom is 0.239 e. The van der Waals surface area contributed by atoms with Crippen LogP contribution in [0.4, 0.5) is 0 Å². The molecule has 0 radical (unpaired) electrons. The molecule has 17 heavy (non-hydrogen) atoms. The van der Waals surface area contributed by atoms with Crippen LogP contribution in [0.25, 0.3) is 0 Å². The van der Waals surface area contributed by atoms with E-state index in [2.05, 4.69) is 18.7 Å². The van der Waals surface area contributed by atoms with Crippen LogP contribution in [-0.2, 0) is 4.79 Å². The maximum absolute atomic E-state index is 12.0. The molecule has 4 nitrogen and oxygen atoms in total. The van der Waals surface area contributed by atoms with E-state index in [9.17, 15) is 4.79 Å². The van der Waals surface area contributed by atoms with E-state index in [1.165, 1.54) is 12.8 Å². The fraction of sp³-hybridized carbons (Fsp3) is 0.923. The quantitative estimate of drug-likeness (QED) is 0.775. The number of hydrogen-bond acceptors (Lipinski definition) is 3. The Labute approximate surface area is 104 Å². The number of rotatable bonds is 2. The molecule has 2 heterocycles. The van der Waals surface area contributed by atoms with E-state index in [0.717, 1.165) is 19.5 Å². The van der Waals surface area contributed by atoms with Gasteiger partial charge in [0, 0.05) is 31.2 Å². The number of nitrogens with zero attached hydrogens (tertiary/aromatic N) is 2. The van der Waals surface area contributed by atoms with Gasteiger partial charge >= 0.3 is 0 Å². The summed E-state index contributed by atoms with van der Waals surface area (Å²) in [7, 11) is 0. The highest BCUT2D eigenvalue weighted by atomic mass is 16.2. The number of likely N-dealkylation sites (tertiary alicyclic amines) is 1. The predicted octanol–water partition coefficient (Wildman–Crippen LogP) is 0.807. The highest BCUT2D eigenvalue weighted by Crippen LogP contribution is 2.32. The second-order valence-corrected chi connectivity index (χ2v) is 5.79. The van der Waals surface area contributed by atoms with Crippen LogP contribution in [0.3, 0.4) is 0 Å². The van der Waals surface area contributed by atoms with Crippen LogP contribution in [0.1, 0.15) is 40.0 Å². The minimum Gasteiger partial charge on any atom is -0.340 e. The lowest BCUT2D eigenvalue weighted by Gasteiger charge is -2.32. The largest absolute Gasteiger partial charge is 0.340 e. The highest BCUT2D eigenvalue weighted by Gasteiger charge is 2.39. The molecule has 4 heteroatoms. The first-order chi connectivity index (χ1) is 8.00. The molecule has 2 aliphatic rings. The average molecular weight is 239 g/mol. The fourth-order valence-electron chi connectivity index (χ4n) is 3.44. The van der Waals surface area contributed by atoms with Crippen LogP contribution < -0.4 is 5.73 Å². The second kappa shape index (κ2) is 4.94. The molecule has 2 bridgehead atoms. The number of nitrogens with two attached hydrogens (primary N) is 1. The number of amides is 1. The van der Waals surface area contributed by atoms with Gasteiger partial charge in [-0.2, -0.15) is 0 Å². The van der Waals surface area contributed by atoms with Gasteiger partial charge in [0.25, 0.3) is 0 Å². The molecule has 2 fully saturated rings. The summed E-state index contributed by atoms with van der Waals surface area (Å²) in [4.78, 5) is 16.6. The molecule has 2 aliphatic heterocycles. The van der Waals surface area contributed by atoms with Gasteiger partial charge in [0.1, 0.15) is 0 Å². The van der Waals surface area contributed by atoms with Crippen LogP contribution in [-0.4, -0.2) is 53.0 Å². The third-order valence-electron chi connectivity index (χ3n) is 4.14. The van der Waals surface area contributed by atoms with E-state index in [1.807, 2.05) is 4.90 Å². The summed E-state index contributed by atoms with van der Waals surface area (Å²) in [5.41, 5.74) is 5.71. The molecule has 3 unspecified atom stereocenters. The lowest BCUT2D eigenvalue weighted by molar-refractivity contribution is -0.132. The molecular weight excluding hydrogens is 214 g/mol. The van der Waals surface area contributed by atoms with Gasteiger partial charge in [0.05, 0.1) is 6.04 Å². The first kappa shape index (κ1) is 12.8. The highest BCUT2D eigenvalue weighted by molar-refractivity contribution is 5.81. The molecule has 1 amide bonds. The van der Waals surface area contributed by atoms with E-state index in [4.69, 9.17) is 5.73 Å². The van der Waals surface area contributed by atoms with Crippen molar-refractivity contribution >= 4 is 5.91 Å². The lowest BCUT2D eigenvalue weighted by atomic mass is 10.1. The van der Waals surface area contributed by atoms with E-state index >= 15 is 0 Å². The van der Waals surface area contributed by atoms with Crippen molar-refractivity contribution in [3.05, 3.63) is 0 Å². The Balaban J connectivity index is 2.08. The van der Waals surface area contributed by atoms with Crippen LogP contribution in [0.5, 0.6) is 0 Å². The van der Waals surface area contributed by atoms with E-state index in [-0.39, 0.29) is 11.9 Å². The molecule has 2 N–H and O–H groups in total. The van der Waals surface area contributed by atoms with Crippen molar-refractivity contribution in [1.82, 2.24) is 9.80 Å². The molecule has 0 spiro atoms. The van der Waals surface area contributed by atoms with Crippen molar-refractivity contribution < 1.29 is 4.79 Å². The van der Waals surface area contributed by atoms with Crippen LogP contribution in [0.2, 0.25) is 0 Å². The minimum atomic E-state index is -0.362. The number of fused-ring (bicyclic) bond motifs is 2. The molecule has 3 atom stereocenters. The first-order valence-electron chi connectivity index (χ1n) is 6.82. The van der Waals surface area contributed by atoms with E-state index in [1.54, 1.807) is 6.92 Å². The Kier molecular flexibility index (Phi) is 3.73. The molecule has 0 aromatic rings. The topological polar surface area (TPSA) is 49.6 Å². The zero-order valence-corrected chi connectivity index (χ0v) is 11.2. The lowest BCUT2D eigenvalue weighted by Crippen LogP contribution is -2.47. The summed E-state index contributed by atoms with van der Waals surface area (Å²) in [5, 5.41) is 0. The van der Waals surface area contributed by atoms with Crippen molar-refractivity contribution in [2.24, 2.45) is 5.73 Å². The average Bonchev–Trinajstić information content (AvgIpc) is 2.52. The summed E-state index contributed by atoms with van der Waals surface area (Å²) in [5.74, 6) is 0.112. The van der Waals surface area contributed by atoms with Gasteiger partial charge in [-0.25, -0.2) is 0 Å². The maximum atomic E-state index is 12.0. The molecule has 0 aliphatic carbocycles. The van der Waals surface area contributed by atoms with Gasteiger partial charge in [0.2, 0.25) is 5.91 Å². The Morgan fingerprint density at radius 2 is 1.82 bits per heavy atom. The summed E-state index contributed by atoms with van der Waals surface area (Å²) in [6.45, 7) is 8.05. The van der Waals surface area contributed by atoms with Gasteiger partial charge in [-0.3, -0.25) is 9.69 Å². The van der Waals surface area contributed by atoms with Gasteiger partial charge in [-0.15, -0.1) is 0 Å². The first-order valence-corrected chi connectivity index (χ1v) is 6.82. The minimum absolute atomic E-state index is 0.112. The van der Waals surface area contributed by atoms with Gasteiger partial charge in [-0.1, -0.05) is 0 Å². The van der Waals surface area contributed by atoms with Crippen LogP contribution in [0.15, 0.2) is 0 Å². The summed E-state index contributed by atoms with van der Waals surface area (Å²) in [6.07, 6.45) is 3.63. The SMILES string of the molecule is CC(N)C(=O)N1CCC2CCC(C1)N2C(C)C. The summed E-state index contributed by atoms with van der Waals surface area (Å²) in [6, 6.07) is 1.44. The molecule has 0 saturated carbocycles. The van der Waals surface area contributed by atoms with Gasteiger partial charge in [0.15, 0.2) is 0 Å². The van der Waals surface area contributed by atoms with Crippen molar-refractivity contribution in [3.63, 3.8) is 0 Å². The van der Waals surface area contributed by atoms with E-state index in [0.29, 0.717) is 18.1 Å². The number of carbonyl (C=O) groups excluding carboxylic acids is 1. The zero-order chi connectivity index (χ0) is 12.6. The summed E-state index contributed by atoms with van der Waals surface area (Å²) >= 11 is 0. The molecule has 2 saturated heterocycles. The normalized spacial score (nSPS) is 31.7. The Bertz CT molecular complexity index is 290. The smallest absolute Gasteiger partial charge is 0.239 e. The van der Waals surface area contributed by atoms with Gasteiger partial charge < -0.3 is 10.6 Å². The van der Waals surface area contributed by atoms with Crippen molar-refractivity contribution in [2.75, 3.05) is 13.1 Å². The molecule has 0 aromatic carbocycles. The summed E-state index contributed by atoms with van der Waals surface area (Å²) < 4.78 is 0. The predicted molar refractivity (Wildman–Crippen MR) is 68.6 cm³/mol. The van der Waals surface area contributed by atoms with Gasteiger partial charge in [-0.05, 0) is 40.0 Å². The van der Waals surface area contributed by atoms with E-state index < -0.39 is 0 Å². The standard InChI is InChI=1S/C13H25N3O/c1-9(2)16-11-4-5-12(16)8-15(7-6-11)13(17)10(3)14/h9-12H,4-8,14H2,1-3H3. The molecule has 2 rings (SSSR count). The van der Waals surface area contributed by atoms with Crippen LogP contribution in [0, 0.1) is 0 Å². The van der Waals surface area contributed by atoms with Crippen molar-refractivity contribution in [3.8, 4) is 0 Å². The Hall–Kier alpha value is -0.610. The Morgan fingerprint density at radius 1 is 1.18 bits per heavy atom. The third-order valence-corrected chi connectivity index (χ3v) is 4.14. The molecular formula is C13H25N3O.